The number of nitrogens with one attached hydrogen (secondary N) is 1. The van der Waals surface area contributed by atoms with Crippen molar-refractivity contribution in [3.63, 3.8) is 0 Å². The minimum Gasteiger partial charge on any atom is -0.495 e. The molecule has 7 nitrogen and oxygen atoms in total. The van der Waals surface area contributed by atoms with E-state index in [1.165, 1.54) is 18.9 Å². The van der Waals surface area contributed by atoms with Crippen LogP contribution in [0.25, 0.3) is 0 Å². The third kappa shape index (κ3) is 6.38. The van der Waals surface area contributed by atoms with Crippen LogP contribution in [0.15, 0.2) is 47.4 Å². The van der Waals surface area contributed by atoms with Gasteiger partial charge in [0.05, 0.1) is 24.1 Å². The molecule has 0 spiro atoms. The van der Waals surface area contributed by atoms with E-state index < -0.39 is 18.5 Å². The summed E-state index contributed by atoms with van der Waals surface area (Å²) in [5.74, 6) is -0.415. The lowest BCUT2D eigenvalue weighted by Gasteiger charge is -2.15. The predicted molar refractivity (Wildman–Crippen MR) is 120 cm³/mol. The number of anilines is 1. The summed E-state index contributed by atoms with van der Waals surface area (Å²) in [4.78, 5) is 39.5. The molecule has 0 aliphatic carbocycles. The van der Waals surface area contributed by atoms with Crippen molar-refractivity contribution < 1.29 is 23.9 Å². The zero-order chi connectivity index (χ0) is 22.2. The number of thioether (sulfide) groups is 1. The second kappa shape index (κ2) is 11.1. The van der Waals surface area contributed by atoms with Crippen molar-refractivity contribution in [1.82, 2.24) is 4.90 Å². The lowest BCUT2D eigenvalue weighted by molar-refractivity contribution is -0.127. The third-order valence-electron chi connectivity index (χ3n) is 4.69. The number of carbonyl (C=O) groups is 3. The fraction of sp³-hybridized carbons (Fsp3) is 0.318. The van der Waals surface area contributed by atoms with Crippen LogP contribution in [0, 0.1) is 0 Å². The van der Waals surface area contributed by atoms with E-state index in [9.17, 15) is 14.4 Å². The number of carbonyl (C=O) groups excluding carboxylic acids is 3. The van der Waals surface area contributed by atoms with Gasteiger partial charge in [0.15, 0.2) is 6.61 Å². The first-order valence-corrected chi connectivity index (χ1v) is 11.1. The quantitative estimate of drug-likeness (QED) is 0.473. The van der Waals surface area contributed by atoms with Gasteiger partial charge in [0.2, 0.25) is 5.91 Å². The highest BCUT2D eigenvalue weighted by Crippen LogP contribution is 2.28. The molecule has 0 unspecified atom stereocenters. The molecule has 0 bridgehead atoms. The number of hydrogen-bond acceptors (Lipinski definition) is 6. The van der Waals surface area contributed by atoms with Gasteiger partial charge in [0.1, 0.15) is 5.75 Å². The maximum absolute atomic E-state index is 12.5. The number of hydrogen-bond donors (Lipinski definition) is 1. The van der Waals surface area contributed by atoms with E-state index in [-0.39, 0.29) is 11.7 Å². The SMILES string of the molecule is COc1ccc(Cl)cc1NC(=O)COC(=O)c1ccccc1SCC(=O)N1CCCC1. The minimum absolute atomic E-state index is 0.0560. The van der Waals surface area contributed by atoms with Crippen molar-refractivity contribution >= 4 is 46.8 Å². The van der Waals surface area contributed by atoms with Crippen LogP contribution in [0.2, 0.25) is 5.02 Å². The highest BCUT2D eigenvalue weighted by molar-refractivity contribution is 8.00. The Hall–Kier alpha value is -2.71. The van der Waals surface area contributed by atoms with Gasteiger partial charge >= 0.3 is 5.97 Å². The van der Waals surface area contributed by atoms with Gasteiger partial charge in [-0.2, -0.15) is 0 Å². The summed E-state index contributed by atoms with van der Waals surface area (Å²) in [6, 6.07) is 11.7. The normalized spacial score (nSPS) is 13.0. The Balaban J connectivity index is 1.56. The lowest BCUT2D eigenvalue weighted by atomic mass is 10.2. The van der Waals surface area contributed by atoms with Crippen LogP contribution in [-0.2, 0) is 14.3 Å². The molecule has 0 saturated carbocycles. The van der Waals surface area contributed by atoms with E-state index in [2.05, 4.69) is 5.32 Å². The molecule has 0 aromatic heterocycles. The molecule has 1 saturated heterocycles. The van der Waals surface area contributed by atoms with Crippen LogP contribution in [0.1, 0.15) is 23.2 Å². The summed E-state index contributed by atoms with van der Waals surface area (Å²) in [6.07, 6.45) is 2.06. The van der Waals surface area contributed by atoms with Gasteiger partial charge in [-0.15, -0.1) is 11.8 Å². The smallest absolute Gasteiger partial charge is 0.339 e. The maximum atomic E-state index is 12.5. The molecule has 2 aromatic carbocycles. The molecule has 1 heterocycles. The molecule has 31 heavy (non-hydrogen) atoms. The Labute approximate surface area is 190 Å². The number of likely N-dealkylation sites (tertiary alicyclic amines) is 1. The molecular weight excluding hydrogens is 440 g/mol. The molecule has 9 heteroatoms. The number of amides is 2. The zero-order valence-corrected chi connectivity index (χ0v) is 18.6. The number of nitrogens with zero attached hydrogens (tertiary/aromatic N) is 1. The van der Waals surface area contributed by atoms with Crippen LogP contribution in [0.5, 0.6) is 5.75 Å². The van der Waals surface area contributed by atoms with Crippen molar-refractivity contribution in [3.8, 4) is 5.75 Å². The Kier molecular flexibility index (Phi) is 8.20. The zero-order valence-electron chi connectivity index (χ0n) is 17.1. The van der Waals surface area contributed by atoms with Gasteiger partial charge in [-0.05, 0) is 43.2 Å². The third-order valence-corrected chi connectivity index (χ3v) is 5.98. The first-order chi connectivity index (χ1) is 15.0. The van der Waals surface area contributed by atoms with E-state index in [0.29, 0.717) is 26.9 Å². The van der Waals surface area contributed by atoms with Gasteiger partial charge in [-0.25, -0.2) is 4.79 Å². The summed E-state index contributed by atoms with van der Waals surface area (Å²) >= 11 is 7.24. The lowest BCUT2D eigenvalue weighted by Crippen LogP contribution is -2.29. The fourth-order valence-corrected chi connectivity index (χ4v) is 4.25. The number of halogens is 1. The van der Waals surface area contributed by atoms with Gasteiger partial charge in [0.25, 0.3) is 5.91 Å². The largest absolute Gasteiger partial charge is 0.495 e. The second-order valence-corrected chi connectivity index (χ2v) is 8.30. The van der Waals surface area contributed by atoms with Crippen LogP contribution in [0.3, 0.4) is 0 Å². The average molecular weight is 463 g/mol. The molecule has 3 rings (SSSR count). The summed E-state index contributed by atoms with van der Waals surface area (Å²) in [6.45, 7) is 1.10. The first kappa shape index (κ1) is 23.0. The average Bonchev–Trinajstić information content (AvgIpc) is 3.31. The molecule has 0 radical (unpaired) electrons. The van der Waals surface area contributed by atoms with Gasteiger partial charge in [0, 0.05) is 23.0 Å². The summed E-state index contributed by atoms with van der Waals surface area (Å²) in [5, 5.41) is 3.05. The number of esters is 1. The van der Waals surface area contributed by atoms with Crippen LogP contribution < -0.4 is 10.1 Å². The molecule has 0 atom stereocenters. The Morgan fingerprint density at radius 1 is 1.13 bits per heavy atom. The van der Waals surface area contributed by atoms with Gasteiger partial charge in [-0.1, -0.05) is 23.7 Å². The number of benzene rings is 2. The van der Waals surface area contributed by atoms with E-state index in [1.807, 2.05) is 4.90 Å². The molecule has 1 fully saturated rings. The van der Waals surface area contributed by atoms with Crippen LogP contribution in [-0.4, -0.2) is 55.2 Å². The minimum atomic E-state index is -0.634. The Morgan fingerprint density at radius 2 is 1.87 bits per heavy atom. The molecule has 1 aliphatic heterocycles. The Bertz CT molecular complexity index is 963. The topological polar surface area (TPSA) is 84.9 Å². The van der Waals surface area contributed by atoms with E-state index in [1.54, 1.807) is 42.5 Å². The maximum Gasteiger partial charge on any atom is 0.339 e. The van der Waals surface area contributed by atoms with Crippen molar-refractivity contribution in [3.05, 3.63) is 53.1 Å². The molecule has 1 aliphatic rings. The molecular formula is C22H23ClN2O5S. The summed E-state index contributed by atoms with van der Waals surface area (Å²) < 4.78 is 10.4. The fourth-order valence-electron chi connectivity index (χ4n) is 3.13. The van der Waals surface area contributed by atoms with Gasteiger partial charge in [-0.3, -0.25) is 9.59 Å². The van der Waals surface area contributed by atoms with Crippen LogP contribution in [0.4, 0.5) is 5.69 Å². The Morgan fingerprint density at radius 3 is 2.61 bits per heavy atom. The van der Waals surface area contributed by atoms with Crippen molar-refractivity contribution in [2.75, 3.05) is 37.9 Å². The number of ether oxygens (including phenoxy) is 2. The molecule has 164 valence electrons. The van der Waals surface area contributed by atoms with E-state index >= 15 is 0 Å². The van der Waals surface area contributed by atoms with E-state index in [4.69, 9.17) is 21.1 Å². The van der Waals surface area contributed by atoms with Crippen LogP contribution >= 0.6 is 23.4 Å². The van der Waals surface area contributed by atoms with Gasteiger partial charge < -0.3 is 19.7 Å². The molecule has 1 N–H and O–H groups in total. The highest BCUT2D eigenvalue weighted by atomic mass is 35.5. The number of methoxy groups -OCH3 is 1. The standard InChI is InChI=1S/C22H23ClN2O5S/c1-29-18-9-8-15(23)12-17(18)24-20(26)13-30-22(28)16-6-2-3-7-19(16)31-14-21(27)25-10-4-5-11-25/h2-3,6-9,12H,4-5,10-11,13-14H2,1H3,(H,24,26). The van der Waals surface area contributed by atoms with Crippen molar-refractivity contribution in [2.45, 2.75) is 17.7 Å². The van der Waals surface area contributed by atoms with Crippen molar-refractivity contribution in [1.29, 1.82) is 0 Å². The predicted octanol–water partition coefficient (Wildman–Crippen LogP) is 3.86. The highest BCUT2D eigenvalue weighted by Gasteiger charge is 2.20. The van der Waals surface area contributed by atoms with Crippen molar-refractivity contribution in [2.24, 2.45) is 0 Å². The first-order valence-electron chi connectivity index (χ1n) is 9.78. The summed E-state index contributed by atoms with van der Waals surface area (Å²) in [7, 11) is 1.47. The monoisotopic (exact) mass is 462 g/mol. The molecule has 2 aromatic rings. The second-order valence-electron chi connectivity index (χ2n) is 6.84. The van der Waals surface area contributed by atoms with E-state index in [0.717, 1.165) is 25.9 Å². The number of rotatable bonds is 8. The molecule has 2 amide bonds. The summed E-state index contributed by atoms with van der Waals surface area (Å²) in [5.41, 5.74) is 0.697.